The minimum absolute atomic E-state index is 0.867. The molecule has 0 bridgehead atoms. The van der Waals surface area contributed by atoms with Gasteiger partial charge >= 0.3 is 0 Å². The van der Waals surface area contributed by atoms with Gasteiger partial charge in [-0.3, -0.25) is 4.99 Å². The molecule has 1 N–H and O–H groups in total. The molecule has 1 aromatic heterocycles. The first-order valence-electron chi connectivity index (χ1n) is 8.71. The third-order valence-electron chi connectivity index (χ3n) is 4.73. The van der Waals surface area contributed by atoms with Crippen LogP contribution in [0.2, 0.25) is 0 Å². The third kappa shape index (κ3) is 3.46. The maximum atomic E-state index is 4.51. The molecule has 0 spiro atoms. The zero-order valence-corrected chi connectivity index (χ0v) is 16.4. The van der Waals surface area contributed by atoms with Crippen LogP contribution < -0.4 is 4.72 Å². The molecule has 3 heterocycles. The number of aryl methyl sites for hydroxylation is 1. The molecule has 0 unspecified atom stereocenters. The van der Waals surface area contributed by atoms with Crippen LogP contribution in [0.15, 0.2) is 45.7 Å². The molecule has 7 heteroatoms. The zero-order valence-electron chi connectivity index (χ0n) is 14.6. The van der Waals surface area contributed by atoms with Crippen molar-refractivity contribution in [1.82, 2.24) is 14.3 Å². The first-order valence-corrected chi connectivity index (χ1v) is 10.1. The van der Waals surface area contributed by atoms with E-state index in [1.165, 1.54) is 28.0 Å². The monoisotopic (exact) mass is 383 g/mol. The summed E-state index contributed by atoms with van der Waals surface area (Å²) in [6.07, 6.45) is 11.2. The predicted molar refractivity (Wildman–Crippen MR) is 113 cm³/mol. The normalized spacial score (nSPS) is 17.9. The first kappa shape index (κ1) is 17.4. The maximum absolute atomic E-state index is 4.51. The lowest BCUT2D eigenvalue weighted by Gasteiger charge is -2.19. The number of hydrogen-bond acceptors (Lipinski definition) is 6. The fourth-order valence-corrected chi connectivity index (χ4v) is 4.30. The van der Waals surface area contributed by atoms with Gasteiger partial charge in [-0.25, -0.2) is 9.38 Å². The highest BCUT2D eigenvalue weighted by Gasteiger charge is 2.17. The lowest BCUT2D eigenvalue weighted by atomic mass is 9.96. The van der Waals surface area contributed by atoms with Crippen LogP contribution in [0.3, 0.4) is 0 Å². The third-order valence-corrected chi connectivity index (χ3v) is 5.61. The van der Waals surface area contributed by atoms with E-state index in [2.05, 4.69) is 60.9 Å². The van der Waals surface area contributed by atoms with Crippen molar-refractivity contribution in [2.45, 2.75) is 31.9 Å². The van der Waals surface area contributed by atoms with Gasteiger partial charge in [0, 0.05) is 30.3 Å². The van der Waals surface area contributed by atoms with E-state index in [1.807, 2.05) is 19.5 Å². The molecule has 0 atom stereocenters. The van der Waals surface area contributed by atoms with Gasteiger partial charge in [0.15, 0.2) is 0 Å². The molecule has 0 fully saturated rings. The van der Waals surface area contributed by atoms with Crippen molar-refractivity contribution in [2.24, 2.45) is 9.39 Å². The van der Waals surface area contributed by atoms with Crippen molar-refractivity contribution in [2.75, 3.05) is 6.54 Å². The van der Waals surface area contributed by atoms with Crippen LogP contribution in [-0.4, -0.2) is 28.1 Å². The fourth-order valence-electron chi connectivity index (χ4n) is 3.40. The van der Waals surface area contributed by atoms with Crippen molar-refractivity contribution in [1.29, 1.82) is 0 Å². The number of benzene rings is 1. The van der Waals surface area contributed by atoms with Crippen LogP contribution in [0.25, 0.3) is 5.69 Å². The molecule has 0 aliphatic carbocycles. The largest absolute Gasteiger partial charge is 0.317 e. The molecule has 0 amide bonds. The van der Waals surface area contributed by atoms with Crippen molar-refractivity contribution in [3.8, 4) is 5.69 Å². The Balaban J connectivity index is 1.69. The second-order valence-corrected chi connectivity index (χ2v) is 7.43. The highest BCUT2D eigenvalue weighted by molar-refractivity contribution is 7.97. The van der Waals surface area contributed by atoms with Crippen LogP contribution in [0.4, 0.5) is 0 Å². The number of allylic oxidation sites excluding steroid dienone is 1. The number of amidine groups is 1. The number of thiol groups is 1. The molecule has 0 saturated heterocycles. The Morgan fingerprint density at radius 2 is 2.31 bits per heavy atom. The van der Waals surface area contributed by atoms with Gasteiger partial charge in [0.05, 0.1) is 17.7 Å². The van der Waals surface area contributed by atoms with Crippen molar-refractivity contribution in [3.63, 3.8) is 0 Å². The quantitative estimate of drug-likeness (QED) is 0.625. The van der Waals surface area contributed by atoms with Crippen molar-refractivity contribution in [3.05, 3.63) is 58.7 Å². The highest BCUT2D eigenvalue weighted by Crippen LogP contribution is 2.30. The summed E-state index contributed by atoms with van der Waals surface area (Å²) in [5.74, 6) is 1.79. The summed E-state index contributed by atoms with van der Waals surface area (Å²) < 4.78 is 9.47. The number of fused-ring (bicyclic) bond motifs is 1. The minimum Gasteiger partial charge on any atom is -0.317 e. The summed E-state index contributed by atoms with van der Waals surface area (Å²) in [6.45, 7) is 2.89. The minimum atomic E-state index is 0.867. The Morgan fingerprint density at radius 1 is 1.38 bits per heavy atom. The van der Waals surface area contributed by atoms with E-state index in [0.29, 0.717) is 0 Å². The molecule has 26 heavy (non-hydrogen) atoms. The van der Waals surface area contributed by atoms with E-state index in [4.69, 9.17) is 0 Å². The summed E-state index contributed by atoms with van der Waals surface area (Å²) in [5, 5.41) is 0. The zero-order chi connectivity index (χ0) is 17.9. The lowest BCUT2D eigenvalue weighted by molar-refractivity contribution is 0.805. The van der Waals surface area contributed by atoms with Gasteiger partial charge in [0.25, 0.3) is 0 Å². The van der Waals surface area contributed by atoms with Gasteiger partial charge in [-0.1, -0.05) is 25.0 Å². The first-order chi connectivity index (χ1) is 12.8. The molecule has 134 valence electrons. The summed E-state index contributed by atoms with van der Waals surface area (Å²) in [5.41, 5.74) is 7.30. The smallest absolute Gasteiger partial charge is 0.133 e. The highest BCUT2D eigenvalue weighted by atomic mass is 32.2. The van der Waals surface area contributed by atoms with E-state index in [0.717, 1.165) is 43.1 Å². The molecule has 2 aliphatic heterocycles. The maximum Gasteiger partial charge on any atom is 0.133 e. The lowest BCUT2D eigenvalue weighted by Crippen LogP contribution is -2.20. The predicted octanol–water partition coefficient (Wildman–Crippen LogP) is 3.86. The Morgan fingerprint density at radius 3 is 3.12 bits per heavy atom. The van der Waals surface area contributed by atoms with Gasteiger partial charge in [0.2, 0.25) is 0 Å². The topological polar surface area (TPSA) is 54.6 Å². The van der Waals surface area contributed by atoms with Crippen molar-refractivity contribution < 1.29 is 0 Å². The van der Waals surface area contributed by atoms with E-state index >= 15 is 0 Å². The molecular formula is C19H21N5S2. The van der Waals surface area contributed by atoms with Crippen LogP contribution in [0.5, 0.6) is 0 Å². The number of nitrogens with one attached hydrogen (secondary N) is 1. The van der Waals surface area contributed by atoms with E-state index in [9.17, 15) is 0 Å². The Labute approximate surface area is 163 Å². The number of rotatable bonds is 3. The van der Waals surface area contributed by atoms with E-state index < -0.39 is 0 Å². The standard InChI is InChI=1S/C19H21N5S2/c1-13-10-24(12-21-13)18-7-6-14(16-9-22-26-11-17(16)18)4-5-15-3-2-8-20-19(15)23-25/h5-7,9-10,12,25H,2-4,8,11H2,1H3,(H,20,23). The van der Waals surface area contributed by atoms with Gasteiger partial charge in [-0.2, -0.15) is 0 Å². The summed E-state index contributed by atoms with van der Waals surface area (Å²) in [4.78, 5) is 8.87. The van der Waals surface area contributed by atoms with Gasteiger partial charge in [-0.05, 0) is 60.9 Å². The molecule has 2 aromatic rings. The van der Waals surface area contributed by atoms with Gasteiger partial charge in [0.1, 0.15) is 5.84 Å². The second-order valence-electron chi connectivity index (χ2n) is 6.45. The number of imidazole rings is 1. The molecule has 0 radical (unpaired) electrons. The fraction of sp³-hybridized carbons (Fsp3) is 0.316. The summed E-state index contributed by atoms with van der Waals surface area (Å²) in [7, 11) is 0. The number of nitrogens with zero attached hydrogens (tertiary/aromatic N) is 4. The van der Waals surface area contributed by atoms with Gasteiger partial charge in [-0.15, -0.1) is 0 Å². The Bertz CT molecular complexity index is 911. The average molecular weight is 384 g/mol. The Hall–Kier alpha value is -1.99. The average Bonchev–Trinajstić information content (AvgIpc) is 3.12. The van der Waals surface area contributed by atoms with Crippen molar-refractivity contribution >= 4 is 36.8 Å². The summed E-state index contributed by atoms with van der Waals surface area (Å²) in [6, 6.07) is 4.40. The molecule has 5 nitrogen and oxygen atoms in total. The number of aromatic nitrogens is 2. The molecule has 4 rings (SSSR count). The van der Waals surface area contributed by atoms with Crippen LogP contribution in [-0.2, 0) is 12.2 Å². The van der Waals surface area contributed by atoms with Crippen LogP contribution >= 0.6 is 24.8 Å². The second kappa shape index (κ2) is 7.72. The molecule has 0 saturated carbocycles. The number of hydrogen-bond donors (Lipinski definition) is 2. The SMILES string of the molecule is Cc1cn(-c2ccc(CC=C3CCCN=C3NS)c3c2CSN=C3)cn1. The molecule has 1 aromatic carbocycles. The summed E-state index contributed by atoms with van der Waals surface area (Å²) >= 11 is 5.78. The molecule has 2 aliphatic rings. The van der Waals surface area contributed by atoms with E-state index in [-0.39, 0.29) is 0 Å². The van der Waals surface area contributed by atoms with Crippen LogP contribution in [0, 0.1) is 6.92 Å². The van der Waals surface area contributed by atoms with Crippen LogP contribution in [0.1, 0.15) is 35.2 Å². The number of aliphatic imine (C=N–C) groups is 1. The molecular weight excluding hydrogens is 362 g/mol. The Kier molecular flexibility index (Phi) is 5.17. The van der Waals surface area contributed by atoms with E-state index in [1.54, 1.807) is 11.9 Å². The van der Waals surface area contributed by atoms with Gasteiger partial charge < -0.3 is 9.29 Å².